The predicted octanol–water partition coefficient (Wildman–Crippen LogP) is 1.75. The second-order valence-electron chi connectivity index (χ2n) is 3.97. The summed E-state index contributed by atoms with van der Waals surface area (Å²) in [7, 11) is 1.55. The number of ether oxygens (including phenoxy) is 3. The standard InChI is InChI=1S/C13H17N5O3/c1-3-8-20-12-15-11(18-14)16-13(17-12)21-10-7-5-4-6-9(10)19-2/h4-7H,3,8,14H2,1-2H3,(H,15,16,17,18). The van der Waals surface area contributed by atoms with Crippen molar-refractivity contribution >= 4 is 5.95 Å². The first-order valence-electron chi connectivity index (χ1n) is 6.43. The van der Waals surface area contributed by atoms with Crippen molar-refractivity contribution in [3.8, 4) is 23.5 Å². The van der Waals surface area contributed by atoms with Crippen LogP contribution in [0.4, 0.5) is 5.95 Å². The summed E-state index contributed by atoms with van der Waals surface area (Å²) in [4.78, 5) is 12.1. The fraction of sp³-hybridized carbons (Fsp3) is 0.308. The van der Waals surface area contributed by atoms with Crippen LogP contribution in [0.1, 0.15) is 13.3 Å². The van der Waals surface area contributed by atoms with E-state index in [2.05, 4.69) is 20.4 Å². The number of nitrogens with one attached hydrogen (secondary N) is 1. The number of para-hydroxylation sites is 2. The van der Waals surface area contributed by atoms with Gasteiger partial charge in [-0.3, -0.25) is 5.43 Å². The van der Waals surface area contributed by atoms with Crippen molar-refractivity contribution in [2.45, 2.75) is 13.3 Å². The van der Waals surface area contributed by atoms with Gasteiger partial charge in [0.15, 0.2) is 11.5 Å². The van der Waals surface area contributed by atoms with Crippen molar-refractivity contribution in [2.75, 3.05) is 19.1 Å². The van der Waals surface area contributed by atoms with Crippen LogP contribution < -0.4 is 25.5 Å². The lowest BCUT2D eigenvalue weighted by Crippen LogP contribution is -2.13. The van der Waals surface area contributed by atoms with Crippen molar-refractivity contribution in [1.29, 1.82) is 0 Å². The Morgan fingerprint density at radius 3 is 2.48 bits per heavy atom. The molecule has 2 rings (SSSR count). The van der Waals surface area contributed by atoms with Crippen LogP contribution in [0.25, 0.3) is 0 Å². The molecular formula is C13H17N5O3. The Morgan fingerprint density at radius 2 is 1.81 bits per heavy atom. The Bertz CT molecular complexity index is 594. The summed E-state index contributed by atoms with van der Waals surface area (Å²) in [5, 5.41) is 0. The van der Waals surface area contributed by atoms with Crippen LogP contribution in [-0.2, 0) is 0 Å². The monoisotopic (exact) mass is 291 g/mol. The zero-order valence-electron chi connectivity index (χ0n) is 11.9. The highest BCUT2D eigenvalue weighted by molar-refractivity contribution is 5.41. The Morgan fingerprint density at radius 1 is 1.10 bits per heavy atom. The fourth-order valence-corrected chi connectivity index (χ4v) is 1.51. The second kappa shape index (κ2) is 7.25. The molecule has 1 heterocycles. The van der Waals surface area contributed by atoms with E-state index in [9.17, 15) is 0 Å². The molecule has 3 N–H and O–H groups in total. The van der Waals surface area contributed by atoms with Gasteiger partial charge in [-0.25, -0.2) is 5.84 Å². The van der Waals surface area contributed by atoms with Gasteiger partial charge in [0.05, 0.1) is 13.7 Å². The third kappa shape index (κ3) is 3.93. The summed E-state index contributed by atoms with van der Waals surface area (Å²) in [5.74, 6) is 6.53. The molecule has 8 heteroatoms. The van der Waals surface area contributed by atoms with Gasteiger partial charge >= 0.3 is 12.0 Å². The van der Waals surface area contributed by atoms with Gasteiger partial charge in [0, 0.05) is 0 Å². The Kier molecular flexibility index (Phi) is 5.10. The van der Waals surface area contributed by atoms with Crippen molar-refractivity contribution < 1.29 is 14.2 Å². The Labute approximate surface area is 122 Å². The SMILES string of the molecule is CCCOc1nc(NN)nc(Oc2ccccc2OC)n1. The summed E-state index contributed by atoms with van der Waals surface area (Å²) < 4.78 is 16.2. The van der Waals surface area contributed by atoms with E-state index in [1.54, 1.807) is 19.2 Å². The molecule has 0 bridgehead atoms. The van der Waals surface area contributed by atoms with Crippen molar-refractivity contribution in [3.63, 3.8) is 0 Å². The van der Waals surface area contributed by atoms with E-state index in [-0.39, 0.29) is 18.0 Å². The van der Waals surface area contributed by atoms with Gasteiger partial charge < -0.3 is 14.2 Å². The lowest BCUT2D eigenvalue weighted by Gasteiger charge is -2.10. The highest BCUT2D eigenvalue weighted by atomic mass is 16.5. The number of anilines is 1. The second-order valence-corrected chi connectivity index (χ2v) is 3.97. The molecule has 8 nitrogen and oxygen atoms in total. The van der Waals surface area contributed by atoms with Crippen LogP contribution in [0.3, 0.4) is 0 Å². The van der Waals surface area contributed by atoms with Crippen LogP contribution >= 0.6 is 0 Å². The predicted molar refractivity (Wildman–Crippen MR) is 76.5 cm³/mol. The Hall–Kier alpha value is -2.61. The van der Waals surface area contributed by atoms with Gasteiger partial charge in [0.25, 0.3) is 0 Å². The van der Waals surface area contributed by atoms with E-state index in [4.69, 9.17) is 20.1 Å². The minimum Gasteiger partial charge on any atom is -0.493 e. The molecule has 1 aromatic carbocycles. The van der Waals surface area contributed by atoms with E-state index < -0.39 is 0 Å². The highest BCUT2D eigenvalue weighted by Gasteiger charge is 2.11. The number of hydrogen-bond donors (Lipinski definition) is 2. The number of aromatic nitrogens is 3. The largest absolute Gasteiger partial charge is 0.493 e. The quantitative estimate of drug-likeness (QED) is 0.587. The fourth-order valence-electron chi connectivity index (χ4n) is 1.51. The number of nitrogens with two attached hydrogens (primary N) is 1. The molecule has 0 aliphatic rings. The van der Waals surface area contributed by atoms with Gasteiger partial charge in [0.1, 0.15) is 0 Å². The van der Waals surface area contributed by atoms with E-state index in [0.29, 0.717) is 18.1 Å². The maximum absolute atomic E-state index is 5.60. The van der Waals surface area contributed by atoms with Gasteiger partial charge in [-0.2, -0.15) is 9.97 Å². The van der Waals surface area contributed by atoms with E-state index in [0.717, 1.165) is 6.42 Å². The van der Waals surface area contributed by atoms with Crippen molar-refractivity contribution in [1.82, 2.24) is 15.0 Å². The summed E-state index contributed by atoms with van der Waals surface area (Å²) in [5.41, 5.74) is 2.35. The normalized spacial score (nSPS) is 10.0. The number of hydrazine groups is 1. The number of hydrogen-bond acceptors (Lipinski definition) is 8. The molecule has 0 atom stereocenters. The molecule has 0 spiro atoms. The van der Waals surface area contributed by atoms with Crippen molar-refractivity contribution in [3.05, 3.63) is 24.3 Å². The first-order valence-corrected chi connectivity index (χ1v) is 6.43. The molecule has 21 heavy (non-hydrogen) atoms. The molecule has 0 fully saturated rings. The smallest absolute Gasteiger partial charge is 0.330 e. The first-order chi connectivity index (χ1) is 10.3. The molecule has 0 amide bonds. The molecular weight excluding hydrogens is 274 g/mol. The zero-order chi connectivity index (χ0) is 15.1. The van der Waals surface area contributed by atoms with Gasteiger partial charge in [-0.15, -0.1) is 4.98 Å². The van der Waals surface area contributed by atoms with Crippen LogP contribution in [0, 0.1) is 0 Å². The summed E-state index contributed by atoms with van der Waals surface area (Å²) in [6.07, 6.45) is 0.833. The Balaban J connectivity index is 2.25. The minimum atomic E-state index is 0.0635. The number of benzene rings is 1. The molecule has 0 unspecified atom stereocenters. The van der Waals surface area contributed by atoms with Crippen LogP contribution in [0.15, 0.2) is 24.3 Å². The zero-order valence-corrected chi connectivity index (χ0v) is 11.9. The summed E-state index contributed by atoms with van der Waals surface area (Å²) in [6.45, 7) is 2.47. The lowest BCUT2D eigenvalue weighted by atomic mass is 10.3. The average Bonchev–Trinajstić information content (AvgIpc) is 2.53. The van der Waals surface area contributed by atoms with E-state index >= 15 is 0 Å². The maximum Gasteiger partial charge on any atom is 0.330 e. The third-order valence-electron chi connectivity index (χ3n) is 2.43. The molecule has 0 aliphatic carbocycles. The van der Waals surface area contributed by atoms with E-state index in [1.165, 1.54) is 0 Å². The number of methoxy groups -OCH3 is 1. The average molecular weight is 291 g/mol. The first kappa shape index (κ1) is 14.8. The van der Waals surface area contributed by atoms with Gasteiger partial charge in [0.2, 0.25) is 5.95 Å². The lowest BCUT2D eigenvalue weighted by molar-refractivity contribution is 0.284. The molecule has 0 radical (unpaired) electrons. The highest BCUT2D eigenvalue weighted by Crippen LogP contribution is 2.29. The van der Waals surface area contributed by atoms with Crippen LogP contribution in [-0.4, -0.2) is 28.7 Å². The molecule has 0 saturated heterocycles. The molecule has 0 saturated carbocycles. The molecule has 0 aliphatic heterocycles. The van der Waals surface area contributed by atoms with Gasteiger partial charge in [-0.1, -0.05) is 19.1 Å². The van der Waals surface area contributed by atoms with Crippen LogP contribution in [0.2, 0.25) is 0 Å². The van der Waals surface area contributed by atoms with E-state index in [1.807, 2.05) is 19.1 Å². The topological polar surface area (TPSA) is 104 Å². The minimum absolute atomic E-state index is 0.0635. The molecule has 1 aromatic heterocycles. The summed E-state index contributed by atoms with van der Waals surface area (Å²) in [6, 6.07) is 7.37. The molecule has 112 valence electrons. The number of rotatable bonds is 7. The van der Waals surface area contributed by atoms with Crippen LogP contribution in [0.5, 0.6) is 23.5 Å². The number of nitrogen functional groups attached to an aromatic ring is 1. The summed E-state index contributed by atoms with van der Waals surface area (Å²) >= 11 is 0. The molecule has 2 aromatic rings. The van der Waals surface area contributed by atoms with Gasteiger partial charge in [-0.05, 0) is 18.6 Å². The number of nitrogens with zero attached hydrogens (tertiary/aromatic N) is 3. The maximum atomic E-state index is 5.60. The third-order valence-corrected chi connectivity index (χ3v) is 2.43. The van der Waals surface area contributed by atoms with Crippen molar-refractivity contribution in [2.24, 2.45) is 5.84 Å².